The number of halogens is 4. The van der Waals surface area contributed by atoms with Crippen LogP contribution in [-0.2, 0) is 4.74 Å². The molecule has 1 fully saturated rings. The molecule has 1 atom stereocenters. The summed E-state index contributed by atoms with van der Waals surface area (Å²) in [6.45, 7) is 1.68. The molecule has 0 amide bonds. The topological polar surface area (TPSA) is 33.0 Å². The summed E-state index contributed by atoms with van der Waals surface area (Å²) in [7, 11) is 0. The molecule has 1 aromatic carbocycles. The van der Waals surface area contributed by atoms with E-state index in [0.717, 1.165) is 0 Å². The van der Waals surface area contributed by atoms with Crippen molar-refractivity contribution in [2.75, 3.05) is 0 Å². The Morgan fingerprint density at radius 1 is 1.26 bits per heavy atom. The van der Waals surface area contributed by atoms with Crippen LogP contribution >= 0.6 is 0 Å². The highest BCUT2D eigenvalue weighted by molar-refractivity contribution is 5.34. The maximum atomic E-state index is 14.0. The molecular weight excluding hydrogens is 310 g/mol. The summed E-state index contributed by atoms with van der Waals surface area (Å²) < 4.78 is 55.5. The van der Waals surface area contributed by atoms with E-state index in [2.05, 4.69) is 4.74 Å². The summed E-state index contributed by atoms with van der Waals surface area (Å²) in [6, 6.07) is 6.29. The van der Waals surface area contributed by atoms with Crippen molar-refractivity contribution in [3.05, 3.63) is 35.1 Å². The molecule has 0 bridgehead atoms. The summed E-state index contributed by atoms with van der Waals surface area (Å²) in [5.41, 5.74) is 0.816. The van der Waals surface area contributed by atoms with Gasteiger partial charge in [-0.15, -0.1) is 13.2 Å². The third-order valence-electron chi connectivity index (χ3n) is 4.55. The zero-order chi connectivity index (χ0) is 17.0. The van der Waals surface area contributed by atoms with Gasteiger partial charge in [0.1, 0.15) is 5.82 Å². The first-order valence-corrected chi connectivity index (χ1v) is 7.78. The average Bonchev–Trinajstić information content (AvgIpc) is 2.52. The van der Waals surface area contributed by atoms with Crippen LogP contribution in [0.25, 0.3) is 0 Å². The molecule has 0 saturated heterocycles. The van der Waals surface area contributed by atoms with Crippen molar-refractivity contribution < 1.29 is 22.3 Å². The second-order valence-electron chi connectivity index (χ2n) is 5.97. The quantitative estimate of drug-likeness (QED) is 0.704. The van der Waals surface area contributed by atoms with Gasteiger partial charge in [0.2, 0.25) is 0 Å². The zero-order valence-electron chi connectivity index (χ0n) is 12.9. The predicted octanol–water partition coefficient (Wildman–Crippen LogP) is 5.29. The number of alkyl halides is 3. The highest BCUT2D eigenvalue weighted by Crippen LogP contribution is 2.40. The standard InChI is InChI=1S/C17H19F4NO/c1-2-16(23-17(19,20)21)13-6-4-12(5-7-13)14-8-3-11(10-22)9-15(14)18/h3,8-9,12-13,16H,2,4-7H2,1H3. The van der Waals surface area contributed by atoms with Crippen molar-refractivity contribution in [3.63, 3.8) is 0 Å². The Kier molecular flexibility index (Phi) is 5.64. The molecule has 0 aliphatic heterocycles. The number of hydrogen-bond donors (Lipinski definition) is 0. The van der Waals surface area contributed by atoms with Gasteiger partial charge in [-0.1, -0.05) is 13.0 Å². The lowest BCUT2D eigenvalue weighted by Crippen LogP contribution is -2.32. The van der Waals surface area contributed by atoms with Gasteiger partial charge in [0, 0.05) is 0 Å². The molecule has 1 saturated carbocycles. The Bertz CT molecular complexity index is 571. The number of rotatable bonds is 4. The van der Waals surface area contributed by atoms with Crippen LogP contribution in [0, 0.1) is 23.1 Å². The molecule has 1 aromatic rings. The zero-order valence-corrected chi connectivity index (χ0v) is 12.9. The van der Waals surface area contributed by atoms with Crippen LogP contribution in [0.4, 0.5) is 17.6 Å². The molecule has 2 nitrogen and oxygen atoms in total. The molecule has 0 heterocycles. The van der Waals surface area contributed by atoms with Gasteiger partial charge in [0.15, 0.2) is 0 Å². The summed E-state index contributed by atoms with van der Waals surface area (Å²) in [4.78, 5) is 0. The van der Waals surface area contributed by atoms with Crippen molar-refractivity contribution in [1.29, 1.82) is 5.26 Å². The predicted molar refractivity (Wildman–Crippen MR) is 77.0 cm³/mol. The number of nitriles is 1. The minimum Gasteiger partial charge on any atom is -0.288 e. The Balaban J connectivity index is 1.99. The lowest BCUT2D eigenvalue weighted by Gasteiger charge is -2.34. The van der Waals surface area contributed by atoms with Crippen LogP contribution in [-0.4, -0.2) is 12.5 Å². The Labute approximate surface area is 133 Å². The van der Waals surface area contributed by atoms with Gasteiger partial charge in [0.05, 0.1) is 17.7 Å². The van der Waals surface area contributed by atoms with E-state index in [-0.39, 0.29) is 17.4 Å². The summed E-state index contributed by atoms with van der Waals surface area (Å²) in [5.74, 6) is -0.576. The van der Waals surface area contributed by atoms with E-state index < -0.39 is 18.3 Å². The molecule has 2 rings (SSSR count). The molecule has 23 heavy (non-hydrogen) atoms. The molecular formula is C17H19F4NO. The molecule has 1 aliphatic rings. The first-order chi connectivity index (χ1) is 10.8. The lowest BCUT2D eigenvalue weighted by atomic mass is 9.76. The van der Waals surface area contributed by atoms with Crippen molar-refractivity contribution >= 4 is 0 Å². The molecule has 1 aliphatic carbocycles. The minimum absolute atomic E-state index is 0.0117. The van der Waals surface area contributed by atoms with Crippen molar-refractivity contribution in [2.24, 2.45) is 5.92 Å². The maximum absolute atomic E-state index is 14.0. The second-order valence-corrected chi connectivity index (χ2v) is 5.97. The number of ether oxygens (including phenoxy) is 1. The Morgan fingerprint density at radius 2 is 1.91 bits per heavy atom. The van der Waals surface area contributed by atoms with E-state index in [0.29, 0.717) is 37.7 Å². The SMILES string of the molecule is CCC(OC(F)(F)F)C1CCC(c2ccc(C#N)cc2F)CC1. The number of benzene rings is 1. The van der Waals surface area contributed by atoms with Crippen molar-refractivity contribution in [1.82, 2.24) is 0 Å². The normalized spacial score (nSPS) is 23.3. The summed E-state index contributed by atoms with van der Waals surface area (Å²) in [5, 5.41) is 8.76. The fourth-order valence-electron chi connectivity index (χ4n) is 3.41. The monoisotopic (exact) mass is 329 g/mol. The van der Waals surface area contributed by atoms with E-state index in [9.17, 15) is 17.6 Å². The maximum Gasteiger partial charge on any atom is 0.522 e. The van der Waals surface area contributed by atoms with Crippen LogP contribution in [0.15, 0.2) is 18.2 Å². The van der Waals surface area contributed by atoms with Crippen LogP contribution in [0.2, 0.25) is 0 Å². The third kappa shape index (κ3) is 4.68. The van der Waals surface area contributed by atoms with Gasteiger partial charge in [-0.3, -0.25) is 4.74 Å². The third-order valence-corrected chi connectivity index (χ3v) is 4.55. The van der Waals surface area contributed by atoms with E-state index in [1.54, 1.807) is 19.1 Å². The molecule has 0 spiro atoms. The van der Waals surface area contributed by atoms with Crippen LogP contribution < -0.4 is 0 Å². The summed E-state index contributed by atoms with van der Waals surface area (Å²) >= 11 is 0. The van der Waals surface area contributed by atoms with E-state index >= 15 is 0 Å². The Morgan fingerprint density at radius 3 is 2.39 bits per heavy atom. The Hall–Kier alpha value is -1.61. The molecule has 6 heteroatoms. The van der Waals surface area contributed by atoms with Crippen LogP contribution in [0.1, 0.15) is 56.1 Å². The largest absolute Gasteiger partial charge is 0.522 e. The van der Waals surface area contributed by atoms with E-state index in [1.807, 2.05) is 6.07 Å². The van der Waals surface area contributed by atoms with Gasteiger partial charge in [-0.2, -0.15) is 5.26 Å². The van der Waals surface area contributed by atoms with Gasteiger partial charge < -0.3 is 0 Å². The fourth-order valence-corrected chi connectivity index (χ4v) is 3.41. The second kappa shape index (κ2) is 7.31. The number of nitrogens with zero attached hydrogens (tertiary/aromatic N) is 1. The summed E-state index contributed by atoms with van der Waals surface area (Å²) in [6.07, 6.45) is -2.72. The number of hydrogen-bond acceptors (Lipinski definition) is 2. The first-order valence-electron chi connectivity index (χ1n) is 7.78. The van der Waals surface area contributed by atoms with Gasteiger partial charge in [0.25, 0.3) is 0 Å². The lowest BCUT2D eigenvalue weighted by molar-refractivity contribution is -0.349. The molecule has 0 N–H and O–H groups in total. The van der Waals surface area contributed by atoms with Crippen LogP contribution in [0.3, 0.4) is 0 Å². The van der Waals surface area contributed by atoms with Gasteiger partial charge >= 0.3 is 6.36 Å². The highest BCUT2D eigenvalue weighted by Gasteiger charge is 2.37. The van der Waals surface area contributed by atoms with Crippen LogP contribution in [0.5, 0.6) is 0 Å². The average molecular weight is 329 g/mol. The minimum atomic E-state index is -4.61. The fraction of sp³-hybridized carbons (Fsp3) is 0.588. The molecule has 126 valence electrons. The van der Waals surface area contributed by atoms with Crippen molar-refractivity contribution in [3.8, 4) is 6.07 Å². The van der Waals surface area contributed by atoms with Gasteiger partial charge in [-0.05, 0) is 61.6 Å². The molecule has 0 radical (unpaired) electrons. The highest BCUT2D eigenvalue weighted by atomic mass is 19.4. The smallest absolute Gasteiger partial charge is 0.288 e. The van der Waals surface area contributed by atoms with Crippen molar-refractivity contribution in [2.45, 2.75) is 57.4 Å². The first kappa shape index (κ1) is 17.7. The van der Waals surface area contributed by atoms with E-state index in [1.165, 1.54) is 6.07 Å². The van der Waals surface area contributed by atoms with E-state index in [4.69, 9.17) is 5.26 Å². The van der Waals surface area contributed by atoms with Gasteiger partial charge in [-0.25, -0.2) is 4.39 Å². The molecule has 0 aromatic heterocycles. The molecule has 1 unspecified atom stereocenters.